The van der Waals surface area contributed by atoms with Crippen LogP contribution < -0.4 is 10.6 Å². The van der Waals surface area contributed by atoms with Crippen molar-refractivity contribution in [1.82, 2.24) is 10.2 Å². The SMILES string of the molecule is CCCC(=O)Nc1ccc(Nc2cccc(Br)c2)nn1. The van der Waals surface area contributed by atoms with Crippen LogP contribution in [0.25, 0.3) is 0 Å². The number of amides is 1. The summed E-state index contributed by atoms with van der Waals surface area (Å²) in [6, 6.07) is 11.3. The standard InChI is InChI=1S/C14H15BrN4O/c1-2-4-14(20)17-13-8-7-12(18-19-13)16-11-6-3-5-10(15)9-11/h3,5-9H,2,4H2,1H3,(H,16,18)(H,17,19,20). The lowest BCUT2D eigenvalue weighted by molar-refractivity contribution is -0.116. The van der Waals surface area contributed by atoms with E-state index in [0.29, 0.717) is 18.1 Å². The van der Waals surface area contributed by atoms with Gasteiger partial charge in [0.25, 0.3) is 0 Å². The van der Waals surface area contributed by atoms with Crippen LogP contribution in [0.4, 0.5) is 17.3 Å². The number of benzene rings is 1. The van der Waals surface area contributed by atoms with Gasteiger partial charge in [0.2, 0.25) is 5.91 Å². The lowest BCUT2D eigenvalue weighted by Crippen LogP contribution is -2.12. The third-order valence-corrected chi connectivity index (χ3v) is 3.00. The van der Waals surface area contributed by atoms with Crippen molar-refractivity contribution in [1.29, 1.82) is 0 Å². The Morgan fingerprint density at radius 1 is 1.20 bits per heavy atom. The molecule has 1 amide bonds. The molecule has 5 nitrogen and oxygen atoms in total. The van der Waals surface area contributed by atoms with Crippen molar-refractivity contribution in [3.05, 3.63) is 40.9 Å². The Hall–Kier alpha value is -1.95. The van der Waals surface area contributed by atoms with Gasteiger partial charge >= 0.3 is 0 Å². The summed E-state index contributed by atoms with van der Waals surface area (Å²) < 4.78 is 0.985. The minimum absolute atomic E-state index is 0.0468. The van der Waals surface area contributed by atoms with Crippen LogP contribution in [0.1, 0.15) is 19.8 Å². The van der Waals surface area contributed by atoms with Gasteiger partial charge in [0.15, 0.2) is 11.6 Å². The van der Waals surface area contributed by atoms with Crippen LogP contribution in [0.15, 0.2) is 40.9 Å². The van der Waals surface area contributed by atoms with E-state index >= 15 is 0 Å². The minimum atomic E-state index is -0.0468. The molecular weight excluding hydrogens is 320 g/mol. The van der Waals surface area contributed by atoms with Crippen LogP contribution in [-0.4, -0.2) is 16.1 Å². The van der Waals surface area contributed by atoms with E-state index in [1.54, 1.807) is 12.1 Å². The number of carbonyl (C=O) groups excluding carboxylic acids is 1. The highest BCUT2D eigenvalue weighted by atomic mass is 79.9. The molecule has 2 rings (SSSR count). The molecule has 1 aromatic carbocycles. The molecule has 0 aliphatic heterocycles. The summed E-state index contributed by atoms with van der Waals surface area (Å²) in [5.41, 5.74) is 0.913. The number of hydrogen-bond acceptors (Lipinski definition) is 4. The molecule has 0 aliphatic carbocycles. The van der Waals surface area contributed by atoms with Crippen molar-refractivity contribution in [2.45, 2.75) is 19.8 Å². The summed E-state index contributed by atoms with van der Waals surface area (Å²) in [7, 11) is 0. The Kier molecular flexibility index (Phi) is 5.06. The van der Waals surface area contributed by atoms with Gasteiger partial charge in [-0.05, 0) is 36.8 Å². The quantitative estimate of drug-likeness (QED) is 0.874. The van der Waals surface area contributed by atoms with Crippen molar-refractivity contribution in [3.8, 4) is 0 Å². The number of anilines is 3. The summed E-state index contributed by atoms with van der Waals surface area (Å²) >= 11 is 3.41. The first-order valence-corrected chi connectivity index (χ1v) is 7.13. The maximum Gasteiger partial charge on any atom is 0.225 e. The number of nitrogens with zero attached hydrogens (tertiary/aromatic N) is 2. The molecule has 1 heterocycles. The Morgan fingerprint density at radius 2 is 1.95 bits per heavy atom. The average Bonchev–Trinajstić information content (AvgIpc) is 2.41. The number of halogens is 1. The summed E-state index contributed by atoms with van der Waals surface area (Å²) in [6.45, 7) is 1.95. The number of carbonyl (C=O) groups is 1. The summed E-state index contributed by atoms with van der Waals surface area (Å²) in [6.07, 6.45) is 1.29. The van der Waals surface area contributed by atoms with Crippen molar-refractivity contribution >= 4 is 39.2 Å². The molecule has 2 N–H and O–H groups in total. The largest absolute Gasteiger partial charge is 0.339 e. The number of hydrogen-bond donors (Lipinski definition) is 2. The molecule has 6 heteroatoms. The first kappa shape index (κ1) is 14.5. The number of rotatable bonds is 5. The topological polar surface area (TPSA) is 66.9 Å². The second-order valence-corrected chi connectivity index (χ2v) is 5.15. The molecule has 0 unspecified atom stereocenters. The lowest BCUT2D eigenvalue weighted by atomic mass is 10.3. The van der Waals surface area contributed by atoms with Crippen LogP contribution in [-0.2, 0) is 4.79 Å². The van der Waals surface area contributed by atoms with E-state index in [0.717, 1.165) is 16.6 Å². The highest BCUT2D eigenvalue weighted by Crippen LogP contribution is 2.19. The molecule has 0 bridgehead atoms. The van der Waals surface area contributed by atoms with Crippen LogP contribution in [0.2, 0.25) is 0 Å². The zero-order valence-corrected chi connectivity index (χ0v) is 12.6. The average molecular weight is 335 g/mol. The molecule has 0 radical (unpaired) electrons. The fourth-order valence-corrected chi connectivity index (χ4v) is 2.01. The van der Waals surface area contributed by atoms with Gasteiger partial charge in [-0.1, -0.05) is 28.9 Å². The van der Waals surface area contributed by atoms with Gasteiger partial charge in [-0.25, -0.2) is 0 Å². The van der Waals surface area contributed by atoms with E-state index in [4.69, 9.17) is 0 Å². The Morgan fingerprint density at radius 3 is 2.60 bits per heavy atom. The van der Waals surface area contributed by atoms with E-state index in [1.807, 2.05) is 31.2 Å². The third kappa shape index (κ3) is 4.31. The van der Waals surface area contributed by atoms with E-state index in [2.05, 4.69) is 36.8 Å². The van der Waals surface area contributed by atoms with Gasteiger partial charge in [0.05, 0.1) is 0 Å². The zero-order chi connectivity index (χ0) is 14.4. The van der Waals surface area contributed by atoms with Gasteiger partial charge in [-0.3, -0.25) is 4.79 Å². The van der Waals surface area contributed by atoms with Crippen molar-refractivity contribution < 1.29 is 4.79 Å². The third-order valence-electron chi connectivity index (χ3n) is 2.51. The second kappa shape index (κ2) is 7.00. The number of nitrogens with one attached hydrogen (secondary N) is 2. The highest BCUT2D eigenvalue weighted by molar-refractivity contribution is 9.10. The van der Waals surface area contributed by atoms with Crippen molar-refractivity contribution in [2.24, 2.45) is 0 Å². The predicted molar refractivity (Wildman–Crippen MR) is 83.0 cm³/mol. The molecule has 0 saturated heterocycles. The molecule has 0 spiro atoms. The smallest absolute Gasteiger partial charge is 0.225 e. The van der Waals surface area contributed by atoms with Crippen molar-refractivity contribution in [2.75, 3.05) is 10.6 Å². The van der Waals surface area contributed by atoms with Gasteiger partial charge < -0.3 is 10.6 Å². The van der Waals surface area contributed by atoms with Gasteiger partial charge in [0.1, 0.15) is 0 Å². The van der Waals surface area contributed by atoms with E-state index in [-0.39, 0.29) is 5.91 Å². The van der Waals surface area contributed by atoms with Crippen LogP contribution in [0.5, 0.6) is 0 Å². The summed E-state index contributed by atoms with van der Waals surface area (Å²) in [5.74, 6) is 1.04. The maximum atomic E-state index is 11.4. The van der Waals surface area contributed by atoms with Crippen molar-refractivity contribution in [3.63, 3.8) is 0 Å². The molecule has 0 atom stereocenters. The summed E-state index contributed by atoms with van der Waals surface area (Å²) in [4.78, 5) is 11.4. The van der Waals surface area contributed by atoms with Gasteiger partial charge in [-0.2, -0.15) is 0 Å². The normalized spacial score (nSPS) is 10.1. The van der Waals surface area contributed by atoms with Crippen LogP contribution in [0, 0.1) is 0 Å². The maximum absolute atomic E-state index is 11.4. The van der Waals surface area contributed by atoms with Gasteiger partial charge in [-0.15, -0.1) is 10.2 Å². The molecule has 2 aromatic rings. The molecule has 0 fully saturated rings. The van der Waals surface area contributed by atoms with E-state index in [9.17, 15) is 4.79 Å². The molecule has 20 heavy (non-hydrogen) atoms. The van der Waals surface area contributed by atoms with Gasteiger partial charge in [0, 0.05) is 16.6 Å². The fraction of sp³-hybridized carbons (Fsp3) is 0.214. The molecule has 0 aliphatic rings. The first-order valence-electron chi connectivity index (χ1n) is 6.33. The minimum Gasteiger partial charge on any atom is -0.339 e. The van der Waals surface area contributed by atoms with E-state index < -0.39 is 0 Å². The molecular formula is C14H15BrN4O. The van der Waals surface area contributed by atoms with Crippen LogP contribution >= 0.6 is 15.9 Å². The Labute approximate surface area is 125 Å². The fourth-order valence-electron chi connectivity index (χ4n) is 1.61. The molecule has 104 valence electrons. The predicted octanol–water partition coefficient (Wildman–Crippen LogP) is 3.72. The Balaban J connectivity index is 1.99. The first-order chi connectivity index (χ1) is 9.67. The summed E-state index contributed by atoms with van der Waals surface area (Å²) in [5, 5.41) is 13.8. The van der Waals surface area contributed by atoms with Crippen LogP contribution in [0.3, 0.4) is 0 Å². The highest BCUT2D eigenvalue weighted by Gasteiger charge is 2.03. The molecule has 1 aromatic heterocycles. The second-order valence-electron chi connectivity index (χ2n) is 4.24. The Bertz CT molecular complexity index is 586. The zero-order valence-electron chi connectivity index (χ0n) is 11.1. The number of aromatic nitrogens is 2. The lowest BCUT2D eigenvalue weighted by Gasteiger charge is -2.06. The van der Waals surface area contributed by atoms with E-state index in [1.165, 1.54) is 0 Å². The monoisotopic (exact) mass is 334 g/mol. The molecule has 0 saturated carbocycles.